The minimum Gasteiger partial charge on any atom is -0.392 e. The van der Waals surface area contributed by atoms with E-state index in [9.17, 15) is 5.11 Å². The number of hydrogen-bond acceptors (Lipinski definition) is 10. The predicted molar refractivity (Wildman–Crippen MR) is 130 cm³/mol. The number of nitrogens with zero attached hydrogens (tertiary/aromatic N) is 9. The molecule has 0 atom stereocenters. The van der Waals surface area contributed by atoms with E-state index < -0.39 is 0 Å². The summed E-state index contributed by atoms with van der Waals surface area (Å²) >= 11 is 0. The Balaban J connectivity index is 0.000000147. The zero-order valence-corrected chi connectivity index (χ0v) is 19.0. The first-order chi connectivity index (χ1) is 17.0. The Labute approximate surface area is 198 Å². The Morgan fingerprint density at radius 3 is 2.00 bits per heavy atom. The van der Waals surface area contributed by atoms with Gasteiger partial charge in [-0.15, -0.1) is 0 Å². The maximum Gasteiger partial charge on any atom is 0.163 e. The summed E-state index contributed by atoms with van der Waals surface area (Å²) in [4.78, 5) is 16.3. The van der Waals surface area contributed by atoms with Crippen molar-refractivity contribution in [3.63, 3.8) is 0 Å². The topological polar surface area (TPSA) is 188 Å². The standard InChI is InChI=1S/C13H13N5O.C9H9N7/c1-18-13-10(12(14)15-7-16-13)11(17-18)9-4-2-3-8(5-9)6-19;1-16-9-6(8(10)11-4-12-9)7(15-16)5-2-13-14-3-5/h2-5,7,19H,6H2,1H3,(H2,14,15,16);2-4H,1H3,(H,13,14)(H2,10,11,12). The van der Waals surface area contributed by atoms with Gasteiger partial charge in [0.25, 0.3) is 0 Å². The van der Waals surface area contributed by atoms with Crippen molar-refractivity contribution in [1.82, 2.24) is 49.7 Å². The summed E-state index contributed by atoms with van der Waals surface area (Å²) in [5, 5.41) is 26.1. The second-order valence-corrected chi connectivity index (χ2v) is 7.70. The van der Waals surface area contributed by atoms with Crippen molar-refractivity contribution in [1.29, 1.82) is 0 Å². The highest BCUT2D eigenvalue weighted by Crippen LogP contribution is 2.30. The predicted octanol–water partition coefficient (Wildman–Crippen LogP) is 1.44. The molecule has 35 heavy (non-hydrogen) atoms. The van der Waals surface area contributed by atoms with Gasteiger partial charge in [0.15, 0.2) is 11.3 Å². The van der Waals surface area contributed by atoms with Crippen LogP contribution in [0.1, 0.15) is 5.56 Å². The molecule has 6 N–H and O–H groups in total. The molecule has 176 valence electrons. The molecule has 0 saturated heterocycles. The van der Waals surface area contributed by atoms with Crippen LogP contribution in [0.5, 0.6) is 0 Å². The van der Waals surface area contributed by atoms with Crippen LogP contribution in [0, 0.1) is 0 Å². The van der Waals surface area contributed by atoms with Crippen LogP contribution in [0.2, 0.25) is 0 Å². The maximum atomic E-state index is 9.21. The van der Waals surface area contributed by atoms with Crippen molar-refractivity contribution in [3.05, 3.63) is 54.9 Å². The Morgan fingerprint density at radius 1 is 0.857 bits per heavy atom. The fourth-order valence-electron chi connectivity index (χ4n) is 3.82. The maximum absolute atomic E-state index is 9.21. The van der Waals surface area contributed by atoms with E-state index in [-0.39, 0.29) is 6.61 Å². The lowest BCUT2D eigenvalue weighted by molar-refractivity contribution is 0.282. The van der Waals surface area contributed by atoms with E-state index in [1.807, 2.05) is 38.4 Å². The molecule has 0 spiro atoms. The highest BCUT2D eigenvalue weighted by molar-refractivity contribution is 5.98. The van der Waals surface area contributed by atoms with Gasteiger partial charge in [-0.05, 0) is 11.6 Å². The van der Waals surface area contributed by atoms with Crippen LogP contribution < -0.4 is 11.5 Å². The number of aromatic amines is 1. The van der Waals surface area contributed by atoms with Crippen LogP contribution in [0.25, 0.3) is 44.6 Å². The van der Waals surface area contributed by atoms with Gasteiger partial charge in [-0.1, -0.05) is 18.2 Å². The molecule has 0 aliphatic carbocycles. The van der Waals surface area contributed by atoms with Crippen LogP contribution in [-0.4, -0.2) is 54.8 Å². The normalized spacial score (nSPS) is 11.1. The van der Waals surface area contributed by atoms with Gasteiger partial charge in [0.05, 0.1) is 23.6 Å². The zero-order valence-electron chi connectivity index (χ0n) is 19.0. The van der Waals surface area contributed by atoms with Crippen molar-refractivity contribution in [2.75, 3.05) is 11.5 Å². The Bertz CT molecular complexity index is 1630. The summed E-state index contributed by atoms with van der Waals surface area (Å²) in [6, 6.07) is 7.54. The first-order valence-corrected chi connectivity index (χ1v) is 10.5. The lowest BCUT2D eigenvalue weighted by Gasteiger charge is -2.01. The highest BCUT2D eigenvalue weighted by atomic mass is 16.3. The quantitative estimate of drug-likeness (QED) is 0.294. The Kier molecular flexibility index (Phi) is 5.51. The molecule has 5 aromatic heterocycles. The van der Waals surface area contributed by atoms with Gasteiger partial charge < -0.3 is 16.6 Å². The Hall–Kier alpha value is -4.91. The highest BCUT2D eigenvalue weighted by Gasteiger charge is 2.16. The molecule has 0 saturated carbocycles. The molecule has 0 radical (unpaired) electrons. The number of benzene rings is 1. The molecule has 0 aliphatic rings. The number of aliphatic hydroxyl groups excluding tert-OH is 1. The largest absolute Gasteiger partial charge is 0.392 e. The first-order valence-electron chi connectivity index (χ1n) is 10.5. The van der Waals surface area contributed by atoms with Crippen LogP contribution >= 0.6 is 0 Å². The van der Waals surface area contributed by atoms with Crippen molar-refractivity contribution >= 4 is 33.7 Å². The van der Waals surface area contributed by atoms with Crippen molar-refractivity contribution in [2.45, 2.75) is 6.61 Å². The van der Waals surface area contributed by atoms with E-state index in [2.05, 4.69) is 40.3 Å². The number of nitrogen functional groups attached to an aromatic ring is 2. The number of aryl methyl sites for hydroxylation is 2. The van der Waals surface area contributed by atoms with Crippen molar-refractivity contribution in [3.8, 4) is 22.5 Å². The van der Waals surface area contributed by atoms with Gasteiger partial charge in [0.2, 0.25) is 0 Å². The van der Waals surface area contributed by atoms with E-state index in [0.29, 0.717) is 22.9 Å². The number of rotatable bonds is 3. The van der Waals surface area contributed by atoms with Crippen LogP contribution in [0.15, 0.2) is 49.3 Å². The van der Waals surface area contributed by atoms with Gasteiger partial charge in [0, 0.05) is 31.4 Å². The molecule has 0 fully saturated rings. The second-order valence-electron chi connectivity index (χ2n) is 7.70. The molecule has 0 bridgehead atoms. The van der Waals surface area contributed by atoms with E-state index in [1.54, 1.807) is 21.8 Å². The van der Waals surface area contributed by atoms with Crippen LogP contribution in [0.3, 0.4) is 0 Å². The molecule has 6 aromatic rings. The number of hydrogen-bond donors (Lipinski definition) is 4. The van der Waals surface area contributed by atoms with Gasteiger partial charge in [0.1, 0.15) is 35.7 Å². The van der Waals surface area contributed by atoms with Crippen molar-refractivity contribution in [2.24, 2.45) is 14.1 Å². The molecule has 0 unspecified atom stereocenters. The Morgan fingerprint density at radius 2 is 1.46 bits per heavy atom. The number of nitrogens with two attached hydrogens (primary N) is 2. The summed E-state index contributed by atoms with van der Waals surface area (Å²) in [6.07, 6.45) is 6.30. The minimum absolute atomic E-state index is 0.00934. The SMILES string of the molecule is Cn1nc(-c2cccc(CO)c2)c2c(N)ncnc21.Cn1nc(-c2cn[nH]c2)c2c(N)ncnc21. The van der Waals surface area contributed by atoms with Crippen LogP contribution in [0.4, 0.5) is 11.6 Å². The molecule has 0 aliphatic heterocycles. The monoisotopic (exact) mass is 470 g/mol. The van der Waals surface area contributed by atoms with Gasteiger partial charge in [-0.3, -0.25) is 5.10 Å². The average Bonchev–Trinajstić information content (AvgIpc) is 3.59. The number of H-pyrrole nitrogens is 1. The van der Waals surface area contributed by atoms with E-state index in [4.69, 9.17) is 11.5 Å². The fourth-order valence-corrected chi connectivity index (χ4v) is 3.82. The minimum atomic E-state index is -0.00934. The third-order valence-electron chi connectivity index (χ3n) is 5.45. The lowest BCUT2D eigenvalue weighted by atomic mass is 10.1. The number of aromatic nitrogens is 10. The van der Waals surface area contributed by atoms with E-state index in [1.165, 1.54) is 12.7 Å². The molecule has 1 aromatic carbocycles. The molecular formula is C22H22N12O. The molecular weight excluding hydrogens is 448 g/mol. The second kappa shape index (κ2) is 8.79. The molecule has 5 heterocycles. The third-order valence-corrected chi connectivity index (χ3v) is 5.45. The summed E-state index contributed by atoms with van der Waals surface area (Å²) in [6.45, 7) is -0.00934. The summed E-state index contributed by atoms with van der Waals surface area (Å²) in [5.74, 6) is 0.830. The van der Waals surface area contributed by atoms with Crippen LogP contribution in [-0.2, 0) is 20.7 Å². The lowest BCUT2D eigenvalue weighted by Crippen LogP contribution is -1.95. The zero-order chi connectivity index (χ0) is 24.5. The third kappa shape index (κ3) is 3.89. The fraction of sp³-hybridized carbons (Fsp3) is 0.136. The summed E-state index contributed by atoms with van der Waals surface area (Å²) in [5.41, 5.74) is 17.2. The van der Waals surface area contributed by atoms with Gasteiger partial charge >= 0.3 is 0 Å². The number of aliphatic hydroxyl groups is 1. The first kappa shape index (κ1) is 21.9. The van der Waals surface area contributed by atoms with E-state index >= 15 is 0 Å². The molecule has 13 heteroatoms. The molecule has 6 rings (SSSR count). The average molecular weight is 471 g/mol. The summed E-state index contributed by atoms with van der Waals surface area (Å²) in [7, 11) is 3.63. The number of anilines is 2. The number of nitrogens with one attached hydrogen (secondary N) is 1. The smallest absolute Gasteiger partial charge is 0.163 e. The summed E-state index contributed by atoms with van der Waals surface area (Å²) < 4.78 is 3.35. The number of fused-ring (bicyclic) bond motifs is 2. The van der Waals surface area contributed by atoms with Gasteiger partial charge in [-0.25, -0.2) is 29.3 Å². The van der Waals surface area contributed by atoms with Crippen molar-refractivity contribution < 1.29 is 5.11 Å². The van der Waals surface area contributed by atoms with E-state index in [0.717, 1.165) is 38.9 Å². The molecule has 13 nitrogen and oxygen atoms in total. The van der Waals surface area contributed by atoms with Gasteiger partial charge in [-0.2, -0.15) is 15.3 Å². The molecule has 0 amide bonds.